The second-order valence-corrected chi connectivity index (χ2v) is 7.03. The van der Waals surface area contributed by atoms with E-state index < -0.39 is 15.3 Å². The van der Waals surface area contributed by atoms with Crippen molar-refractivity contribution < 1.29 is 8.42 Å². The second kappa shape index (κ2) is 5.98. The van der Waals surface area contributed by atoms with E-state index in [9.17, 15) is 8.42 Å². The molecule has 0 amide bonds. The van der Waals surface area contributed by atoms with Gasteiger partial charge in [-0.25, -0.2) is 8.42 Å². The minimum Gasteiger partial charge on any atom is -0.329 e. The molecule has 2 N–H and O–H groups in total. The van der Waals surface area contributed by atoms with Crippen molar-refractivity contribution in [3.8, 4) is 0 Å². The maximum atomic E-state index is 12.6. The van der Waals surface area contributed by atoms with Crippen LogP contribution < -0.4 is 5.73 Å². The van der Waals surface area contributed by atoms with Crippen LogP contribution in [0.1, 0.15) is 37.8 Å². The van der Waals surface area contributed by atoms with Crippen molar-refractivity contribution in [3.63, 3.8) is 0 Å². The quantitative estimate of drug-likeness (QED) is 0.883. The molecule has 1 fully saturated rings. The number of rotatable bonds is 5. The molecule has 1 aromatic rings. The first-order chi connectivity index (χ1) is 9.11. The maximum Gasteiger partial charge on any atom is 0.218 e. The third-order valence-corrected chi connectivity index (χ3v) is 6.22. The largest absolute Gasteiger partial charge is 0.329 e. The Kier molecular flexibility index (Phi) is 4.54. The van der Waals surface area contributed by atoms with Gasteiger partial charge in [-0.05, 0) is 37.0 Å². The SMILES string of the molecule is CCC(CN)S(=O)(=O)N1CCCC1c1ccncc1. The molecular formula is C13H21N3O2S. The van der Waals surface area contributed by atoms with Crippen LogP contribution in [0.25, 0.3) is 0 Å². The summed E-state index contributed by atoms with van der Waals surface area (Å²) < 4.78 is 26.8. The van der Waals surface area contributed by atoms with Gasteiger partial charge in [-0.3, -0.25) is 4.98 Å². The summed E-state index contributed by atoms with van der Waals surface area (Å²) in [7, 11) is -3.31. The van der Waals surface area contributed by atoms with Crippen LogP contribution in [0.5, 0.6) is 0 Å². The van der Waals surface area contributed by atoms with Crippen LogP contribution in [-0.4, -0.2) is 36.0 Å². The first-order valence-electron chi connectivity index (χ1n) is 6.72. The van der Waals surface area contributed by atoms with Crippen LogP contribution in [0.2, 0.25) is 0 Å². The second-order valence-electron chi connectivity index (χ2n) is 4.86. The molecule has 1 saturated heterocycles. The molecule has 5 nitrogen and oxygen atoms in total. The van der Waals surface area contributed by atoms with Gasteiger partial charge in [0, 0.05) is 31.5 Å². The van der Waals surface area contributed by atoms with Gasteiger partial charge in [-0.1, -0.05) is 6.92 Å². The molecule has 2 heterocycles. The molecule has 6 heteroatoms. The average Bonchev–Trinajstić information content (AvgIpc) is 2.91. The zero-order valence-corrected chi connectivity index (χ0v) is 12.0. The smallest absolute Gasteiger partial charge is 0.218 e. The molecule has 0 spiro atoms. The molecule has 0 saturated carbocycles. The molecule has 1 aromatic heterocycles. The Morgan fingerprint density at radius 2 is 2.16 bits per heavy atom. The van der Waals surface area contributed by atoms with Crippen LogP contribution >= 0.6 is 0 Å². The standard InChI is InChI=1S/C13H21N3O2S/c1-2-12(10-14)19(17,18)16-9-3-4-13(16)11-5-7-15-8-6-11/h5-8,12-13H,2-4,9-10,14H2,1H3. The number of pyridine rings is 1. The van der Waals surface area contributed by atoms with Crippen LogP contribution in [0, 0.1) is 0 Å². The Labute approximate surface area is 114 Å². The van der Waals surface area contributed by atoms with E-state index in [0.717, 1.165) is 18.4 Å². The van der Waals surface area contributed by atoms with Gasteiger partial charge in [0.1, 0.15) is 0 Å². The Morgan fingerprint density at radius 1 is 1.47 bits per heavy atom. The highest BCUT2D eigenvalue weighted by Gasteiger charge is 2.38. The Balaban J connectivity index is 2.29. The highest BCUT2D eigenvalue weighted by Crippen LogP contribution is 2.35. The summed E-state index contributed by atoms with van der Waals surface area (Å²) in [6.45, 7) is 2.64. The first-order valence-corrected chi connectivity index (χ1v) is 8.22. The van der Waals surface area contributed by atoms with Gasteiger partial charge in [-0.2, -0.15) is 4.31 Å². The molecule has 0 radical (unpaired) electrons. The van der Waals surface area contributed by atoms with Crippen molar-refractivity contribution in [2.75, 3.05) is 13.1 Å². The third kappa shape index (κ3) is 2.80. The van der Waals surface area contributed by atoms with Crippen molar-refractivity contribution >= 4 is 10.0 Å². The molecule has 1 aliphatic heterocycles. The number of sulfonamides is 1. The molecule has 2 unspecified atom stereocenters. The van der Waals surface area contributed by atoms with Gasteiger partial charge >= 0.3 is 0 Å². The topological polar surface area (TPSA) is 76.3 Å². The van der Waals surface area contributed by atoms with E-state index in [4.69, 9.17) is 5.73 Å². The number of nitrogens with zero attached hydrogens (tertiary/aromatic N) is 2. The Bertz CT molecular complexity index is 500. The summed E-state index contributed by atoms with van der Waals surface area (Å²) in [5.41, 5.74) is 6.62. The van der Waals surface area contributed by atoms with Gasteiger partial charge in [0.15, 0.2) is 0 Å². The van der Waals surface area contributed by atoms with Crippen molar-refractivity contribution in [2.24, 2.45) is 5.73 Å². The van der Waals surface area contributed by atoms with E-state index in [-0.39, 0.29) is 12.6 Å². The molecular weight excluding hydrogens is 262 g/mol. The molecule has 1 aliphatic rings. The van der Waals surface area contributed by atoms with E-state index in [1.165, 1.54) is 0 Å². The van der Waals surface area contributed by atoms with Crippen LogP contribution in [0.4, 0.5) is 0 Å². The molecule has 2 atom stereocenters. The number of hydrogen-bond donors (Lipinski definition) is 1. The lowest BCUT2D eigenvalue weighted by molar-refractivity contribution is 0.388. The minimum atomic E-state index is -3.31. The van der Waals surface area contributed by atoms with Gasteiger partial charge in [0.25, 0.3) is 0 Å². The van der Waals surface area contributed by atoms with Crippen molar-refractivity contribution in [2.45, 2.75) is 37.5 Å². The molecule has 0 bridgehead atoms. The van der Waals surface area contributed by atoms with Crippen molar-refractivity contribution in [3.05, 3.63) is 30.1 Å². The minimum absolute atomic E-state index is 0.0615. The normalized spacial score (nSPS) is 22.5. The fraction of sp³-hybridized carbons (Fsp3) is 0.615. The predicted molar refractivity (Wildman–Crippen MR) is 75.0 cm³/mol. The highest BCUT2D eigenvalue weighted by molar-refractivity contribution is 7.89. The van der Waals surface area contributed by atoms with Crippen molar-refractivity contribution in [1.82, 2.24) is 9.29 Å². The van der Waals surface area contributed by atoms with E-state index in [2.05, 4.69) is 4.98 Å². The lowest BCUT2D eigenvalue weighted by atomic mass is 10.1. The van der Waals surface area contributed by atoms with Crippen molar-refractivity contribution in [1.29, 1.82) is 0 Å². The van der Waals surface area contributed by atoms with E-state index >= 15 is 0 Å². The summed E-state index contributed by atoms with van der Waals surface area (Å²) in [6.07, 6.45) is 5.73. The zero-order chi connectivity index (χ0) is 13.9. The molecule has 106 valence electrons. The van der Waals surface area contributed by atoms with Crippen LogP contribution in [0.3, 0.4) is 0 Å². The Morgan fingerprint density at radius 3 is 2.74 bits per heavy atom. The lowest BCUT2D eigenvalue weighted by Crippen LogP contribution is -2.41. The zero-order valence-electron chi connectivity index (χ0n) is 11.2. The summed E-state index contributed by atoms with van der Waals surface area (Å²) >= 11 is 0. The predicted octanol–water partition coefficient (Wildman–Crippen LogP) is 1.29. The monoisotopic (exact) mass is 283 g/mol. The third-order valence-electron chi connectivity index (χ3n) is 3.76. The fourth-order valence-corrected chi connectivity index (χ4v) is 4.67. The van der Waals surface area contributed by atoms with Gasteiger partial charge in [0.05, 0.1) is 5.25 Å². The molecule has 19 heavy (non-hydrogen) atoms. The molecule has 0 aliphatic carbocycles. The van der Waals surface area contributed by atoms with Gasteiger partial charge < -0.3 is 5.73 Å². The summed E-state index contributed by atoms with van der Waals surface area (Å²) in [5, 5.41) is -0.477. The molecule has 2 rings (SSSR count). The highest BCUT2D eigenvalue weighted by atomic mass is 32.2. The average molecular weight is 283 g/mol. The Hall–Kier alpha value is -0.980. The fourth-order valence-electron chi connectivity index (χ4n) is 2.65. The first kappa shape index (κ1) is 14.4. The van der Waals surface area contributed by atoms with Crippen LogP contribution in [0.15, 0.2) is 24.5 Å². The van der Waals surface area contributed by atoms with E-state index in [1.54, 1.807) is 16.7 Å². The lowest BCUT2D eigenvalue weighted by Gasteiger charge is -2.28. The van der Waals surface area contributed by atoms with Gasteiger partial charge in [0.2, 0.25) is 10.0 Å². The van der Waals surface area contributed by atoms with Gasteiger partial charge in [-0.15, -0.1) is 0 Å². The molecule has 0 aromatic carbocycles. The van der Waals surface area contributed by atoms with E-state index in [1.807, 2.05) is 19.1 Å². The summed E-state index contributed by atoms with van der Waals surface area (Å²) in [4.78, 5) is 3.98. The van der Waals surface area contributed by atoms with E-state index in [0.29, 0.717) is 13.0 Å². The summed E-state index contributed by atoms with van der Waals surface area (Å²) in [6, 6.07) is 3.72. The summed E-state index contributed by atoms with van der Waals surface area (Å²) in [5.74, 6) is 0. The number of hydrogen-bond acceptors (Lipinski definition) is 4. The maximum absolute atomic E-state index is 12.6. The number of nitrogens with two attached hydrogens (primary N) is 1. The number of aromatic nitrogens is 1. The van der Waals surface area contributed by atoms with Crippen LogP contribution in [-0.2, 0) is 10.0 Å².